The van der Waals surface area contributed by atoms with Gasteiger partial charge in [0.2, 0.25) is 0 Å². The fraction of sp³-hybridized carbons (Fsp3) is 0.214. The molecule has 0 bridgehead atoms. The number of para-hydroxylation sites is 2. The summed E-state index contributed by atoms with van der Waals surface area (Å²) in [6.45, 7) is 0.543. The van der Waals surface area contributed by atoms with E-state index in [4.69, 9.17) is 4.74 Å². The fourth-order valence-electron chi connectivity index (χ4n) is 1.99. The van der Waals surface area contributed by atoms with Crippen molar-refractivity contribution < 1.29 is 9.53 Å². The number of Topliss-reactive ketones (excluding diaryl/α,β-unsaturated/α-hetero) is 1. The second-order valence-corrected chi connectivity index (χ2v) is 5.24. The molecule has 3 rings (SSSR count). The van der Waals surface area contributed by atoms with Gasteiger partial charge in [0.1, 0.15) is 5.75 Å². The van der Waals surface area contributed by atoms with Crippen molar-refractivity contribution in [2.24, 2.45) is 0 Å². The number of thiophene rings is 1. The third-order valence-electron chi connectivity index (χ3n) is 2.92. The van der Waals surface area contributed by atoms with E-state index in [-0.39, 0.29) is 11.9 Å². The Morgan fingerprint density at radius 3 is 3.06 bits per heavy atom. The summed E-state index contributed by atoms with van der Waals surface area (Å²) >= 11 is 1.60. The number of hydrogen-bond donors (Lipinski definition) is 1. The standard InChI is InChI=1S/C14H13NO2S/c16-12(8-10-4-3-7-18-10)14-9-15-11-5-1-2-6-13(11)17-14/h1-7,14-15H,8-9H2. The van der Waals surface area contributed by atoms with Gasteiger partial charge in [0.15, 0.2) is 11.9 Å². The highest BCUT2D eigenvalue weighted by Gasteiger charge is 2.25. The molecule has 0 spiro atoms. The third-order valence-corrected chi connectivity index (χ3v) is 3.80. The van der Waals surface area contributed by atoms with Crippen LogP contribution in [-0.2, 0) is 11.2 Å². The molecule has 1 aliphatic heterocycles. The van der Waals surface area contributed by atoms with E-state index in [9.17, 15) is 4.79 Å². The minimum Gasteiger partial charge on any atom is -0.479 e. The Morgan fingerprint density at radius 2 is 2.22 bits per heavy atom. The van der Waals surface area contributed by atoms with Gasteiger partial charge in [0.25, 0.3) is 0 Å². The molecule has 0 saturated heterocycles. The third kappa shape index (κ3) is 2.24. The van der Waals surface area contributed by atoms with E-state index in [1.807, 2.05) is 41.8 Å². The van der Waals surface area contributed by atoms with Gasteiger partial charge in [-0.1, -0.05) is 18.2 Å². The van der Waals surface area contributed by atoms with Crippen molar-refractivity contribution in [2.45, 2.75) is 12.5 Å². The molecule has 1 atom stereocenters. The minimum absolute atomic E-state index is 0.124. The van der Waals surface area contributed by atoms with Crippen LogP contribution in [-0.4, -0.2) is 18.4 Å². The van der Waals surface area contributed by atoms with Crippen molar-refractivity contribution in [3.63, 3.8) is 0 Å². The average molecular weight is 259 g/mol. The number of benzene rings is 1. The lowest BCUT2D eigenvalue weighted by atomic mass is 10.1. The zero-order chi connectivity index (χ0) is 12.4. The van der Waals surface area contributed by atoms with Gasteiger partial charge in [0, 0.05) is 11.3 Å². The summed E-state index contributed by atoms with van der Waals surface area (Å²) in [5.74, 6) is 0.882. The molecule has 0 fully saturated rings. The lowest BCUT2D eigenvalue weighted by Crippen LogP contribution is -2.38. The van der Waals surface area contributed by atoms with Gasteiger partial charge in [0.05, 0.1) is 12.2 Å². The highest BCUT2D eigenvalue weighted by molar-refractivity contribution is 7.10. The number of hydrogen-bond acceptors (Lipinski definition) is 4. The number of ketones is 1. The Morgan fingerprint density at radius 1 is 1.33 bits per heavy atom. The average Bonchev–Trinajstić information content (AvgIpc) is 2.91. The Balaban J connectivity index is 1.70. The van der Waals surface area contributed by atoms with Crippen LogP contribution < -0.4 is 10.1 Å². The highest BCUT2D eigenvalue weighted by Crippen LogP contribution is 2.28. The molecule has 1 aliphatic rings. The molecule has 18 heavy (non-hydrogen) atoms. The first-order valence-electron chi connectivity index (χ1n) is 5.87. The highest BCUT2D eigenvalue weighted by atomic mass is 32.1. The van der Waals surface area contributed by atoms with Crippen LogP contribution in [0, 0.1) is 0 Å². The van der Waals surface area contributed by atoms with Crippen LogP contribution in [0.1, 0.15) is 4.88 Å². The first kappa shape index (κ1) is 11.3. The van der Waals surface area contributed by atoms with E-state index in [1.54, 1.807) is 11.3 Å². The fourth-order valence-corrected chi connectivity index (χ4v) is 2.71. The maximum Gasteiger partial charge on any atom is 0.180 e. The summed E-state index contributed by atoms with van der Waals surface area (Å²) in [5.41, 5.74) is 0.956. The van der Waals surface area contributed by atoms with Crippen molar-refractivity contribution >= 4 is 22.8 Å². The summed E-state index contributed by atoms with van der Waals surface area (Å²) in [6, 6.07) is 11.6. The number of rotatable bonds is 3. The molecule has 92 valence electrons. The van der Waals surface area contributed by atoms with Gasteiger partial charge in [-0.25, -0.2) is 0 Å². The van der Waals surface area contributed by atoms with Crippen molar-refractivity contribution in [2.75, 3.05) is 11.9 Å². The van der Waals surface area contributed by atoms with Crippen LogP contribution >= 0.6 is 11.3 Å². The molecule has 1 aromatic heterocycles. The predicted molar refractivity (Wildman–Crippen MR) is 72.4 cm³/mol. The van der Waals surface area contributed by atoms with Gasteiger partial charge in [-0.05, 0) is 23.6 Å². The number of fused-ring (bicyclic) bond motifs is 1. The monoisotopic (exact) mass is 259 g/mol. The van der Waals surface area contributed by atoms with Gasteiger partial charge >= 0.3 is 0 Å². The van der Waals surface area contributed by atoms with Crippen molar-refractivity contribution in [1.82, 2.24) is 0 Å². The van der Waals surface area contributed by atoms with Crippen LogP contribution in [0.3, 0.4) is 0 Å². The number of carbonyl (C=O) groups excluding carboxylic acids is 1. The van der Waals surface area contributed by atoms with Crippen molar-refractivity contribution in [1.29, 1.82) is 0 Å². The smallest absolute Gasteiger partial charge is 0.180 e. The summed E-state index contributed by atoms with van der Waals surface area (Å²) < 4.78 is 5.74. The number of ether oxygens (including phenoxy) is 1. The zero-order valence-corrected chi connectivity index (χ0v) is 10.6. The zero-order valence-electron chi connectivity index (χ0n) is 9.76. The second kappa shape index (κ2) is 4.82. The van der Waals surface area contributed by atoms with Crippen LogP contribution in [0.4, 0.5) is 5.69 Å². The number of nitrogens with one attached hydrogen (secondary N) is 1. The van der Waals surface area contributed by atoms with Gasteiger partial charge < -0.3 is 10.1 Å². The molecule has 4 heteroatoms. The van der Waals surface area contributed by atoms with Crippen LogP contribution in [0.5, 0.6) is 5.75 Å². The predicted octanol–water partition coefficient (Wildman–Crippen LogP) is 2.73. The molecule has 3 nitrogen and oxygen atoms in total. The maximum absolute atomic E-state index is 12.1. The van der Waals surface area contributed by atoms with E-state index in [1.165, 1.54) is 0 Å². The normalized spacial score (nSPS) is 17.4. The lowest BCUT2D eigenvalue weighted by molar-refractivity contribution is -0.124. The molecule has 1 unspecified atom stereocenters. The van der Waals surface area contributed by atoms with Crippen LogP contribution in [0.15, 0.2) is 41.8 Å². The molecule has 0 aliphatic carbocycles. The minimum atomic E-state index is -0.387. The lowest BCUT2D eigenvalue weighted by Gasteiger charge is -2.26. The topological polar surface area (TPSA) is 38.3 Å². The Kier molecular flexibility index (Phi) is 3.02. The molecule has 0 radical (unpaired) electrons. The Hall–Kier alpha value is -1.81. The van der Waals surface area contributed by atoms with Crippen molar-refractivity contribution in [3.05, 3.63) is 46.7 Å². The summed E-state index contributed by atoms with van der Waals surface area (Å²) in [7, 11) is 0. The largest absolute Gasteiger partial charge is 0.479 e. The van der Waals surface area contributed by atoms with E-state index in [0.29, 0.717) is 13.0 Å². The maximum atomic E-state index is 12.1. The van der Waals surface area contributed by atoms with E-state index in [0.717, 1.165) is 16.3 Å². The Labute approximate surface area is 109 Å². The van der Waals surface area contributed by atoms with Gasteiger partial charge in [-0.2, -0.15) is 0 Å². The van der Waals surface area contributed by atoms with Gasteiger partial charge in [-0.15, -0.1) is 11.3 Å². The van der Waals surface area contributed by atoms with E-state index in [2.05, 4.69) is 5.32 Å². The second-order valence-electron chi connectivity index (χ2n) is 4.21. The summed E-state index contributed by atoms with van der Waals surface area (Å²) in [5, 5.41) is 5.21. The molecule has 2 aromatic rings. The van der Waals surface area contributed by atoms with Crippen LogP contribution in [0.25, 0.3) is 0 Å². The molecule has 1 N–H and O–H groups in total. The molecule has 0 saturated carbocycles. The first-order valence-corrected chi connectivity index (χ1v) is 6.75. The summed E-state index contributed by atoms with van der Waals surface area (Å²) in [6.07, 6.45) is 0.0635. The van der Waals surface area contributed by atoms with Crippen LogP contribution in [0.2, 0.25) is 0 Å². The number of anilines is 1. The number of carbonyl (C=O) groups is 1. The SMILES string of the molecule is O=C(Cc1cccs1)C1CNc2ccccc2O1. The molecule has 1 aromatic carbocycles. The van der Waals surface area contributed by atoms with Gasteiger partial charge in [-0.3, -0.25) is 4.79 Å². The first-order chi connectivity index (χ1) is 8.83. The Bertz CT molecular complexity index is 551. The van der Waals surface area contributed by atoms with E-state index < -0.39 is 0 Å². The molecular weight excluding hydrogens is 246 g/mol. The summed E-state index contributed by atoms with van der Waals surface area (Å²) in [4.78, 5) is 13.2. The van der Waals surface area contributed by atoms with E-state index >= 15 is 0 Å². The van der Waals surface area contributed by atoms with Crippen molar-refractivity contribution in [3.8, 4) is 5.75 Å². The molecule has 2 heterocycles. The molecular formula is C14H13NO2S. The quantitative estimate of drug-likeness (QED) is 0.921. The molecule has 0 amide bonds.